The molecule has 2 heteroatoms. The Morgan fingerprint density at radius 2 is 1.74 bits per heavy atom. The normalized spacial score (nSPS) is 11.8. The average Bonchev–Trinajstić information content (AvgIpc) is 2.37. The van der Waals surface area contributed by atoms with Gasteiger partial charge in [-0.05, 0) is 17.9 Å². The molecule has 0 amide bonds. The first kappa shape index (κ1) is 13.7. The molecule has 2 aromatic carbocycles. The van der Waals surface area contributed by atoms with Crippen LogP contribution in [0.2, 0.25) is 0 Å². The number of hydrogen-bond donors (Lipinski definition) is 1. The molecule has 0 atom stereocenters. The number of phenolic OH excluding ortho intramolecular Hbond substituents is 1. The molecule has 2 rings (SSSR count). The Balaban J connectivity index is 2.69. The molecule has 102 valence electrons. The lowest BCUT2D eigenvalue weighted by atomic mass is 9.84. The third-order valence-electron chi connectivity index (χ3n) is 3.25. The topological polar surface area (TPSA) is 29.5 Å². The van der Waals surface area contributed by atoms with E-state index in [9.17, 15) is 5.11 Å². The molecule has 0 saturated carbocycles. The number of hydrogen-bond acceptors (Lipinski definition) is 2. The van der Waals surface area contributed by atoms with Gasteiger partial charge in [0.15, 0.2) is 0 Å². The summed E-state index contributed by atoms with van der Waals surface area (Å²) in [5.41, 5.74) is 0.815. The Morgan fingerprint density at radius 3 is 2.32 bits per heavy atom. The highest BCUT2D eigenvalue weighted by molar-refractivity contribution is 5.94. The maximum Gasteiger partial charge on any atom is 0.127 e. The minimum absolute atomic E-state index is 0.113. The Labute approximate surface area is 115 Å². The van der Waals surface area contributed by atoms with Gasteiger partial charge < -0.3 is 9.84 Å². The molecule has 0 fully saturated rings. The molecule has 1 N–H and O–H groups in total. The van der Waals surface area contributed by atoms with Gasteiger partial charge in [-0.15, -0.1) is 0 Å². The van der Waals surface area contributed by atoms with Crippen LogP contribution in [-0.4, -0.2) is 11.7 Å². The van der Waals surface area contributed by atoms with Crippen molar-refractivity contribution in [2.75, 3.05) is 6.61 Å². The second-order valence-corrected chi connectivity index (χ2v) is 5.91. The standard InChI is InChI=1S/C17H22O2/c1-5-10-19-15-11-14(17(2,3)4)16(18)13-9-7-6-8-12(13)15/h6-9,11,18H,5,10H2,1-4H3. The first-order chi connectivity index (χ1) is 8.95. The van der Waals surface area contributed by atoms with Gasteiger partial charge in [0.05, 0.1) is 6.61 Å². The summed E-state index contributed by atoms with van der Waals surface area (Å²) in [6, 6.07) is 9.83. The lowest BCUT2D eigenvalue weighted by Crippen LogP contribution is -2.12. The zero-order valence-corrected chi connectivity index (χ0v) is 12.2. The molecule has 0 aromatic heterocycles. The largest absolute Gasteiger partial charge is 0.507 e. The van der Waals surface area contributed by atoms with Crippen molar-refractivity contribution < 1.29 is 9.84 Å². The maximum absolute atomic E-state index is 10.5. The Bertz CT molecular complexity index is 580. The molecular weight excluding hydrogens is 236 g/mol. The van der Waals surface area contributed by atoms with Crippen molar-refractivity contribution in [2.45, 2.75) is 39.5 Å². The van der Waals surface area contributed by atoms with E-state index in [0.717, 1.165) is 28.5 Å². The molecule has 0 radical (unpaired) electrons. The zero-order chi connectivity index (χ0) is 14.0. The third-order valence-corrected chi connectivity index (χ3v) is 3.25. The van der Waals surface area contributed by atoms with E-state index in [1.807, 2.05) is 30.3 Å². The lowest BCUT2D eigenvalue weighted by molar-refractivity contribution is 0.319. The van der Waals surface area contributed by atoms with Crippen LogP contribution in [0.5, 0.6) is 11.5 Å². The minimum atomic E-state index is -0.113. The molecule has 0 aliphatic rings. The number of ether oxygens (including phenoxy) is 1. The van der Waals surface area contributed by atoms with E-state index in [2.05, 4.69) is 27.7 Å². The summed E-state index contributed by atoms with van der Waals surface area (Å²) in [5.74, 6) is 1.23. The van der Waals surface area contributed by atoms with E-state index in [0.29, 0.717) is 12.4 Å². The fourth-order valence-electron chi connectivity index (χ4n) is 2.23. The van der Waals surface area contributed by atoms with Crippen molar-refractivity contribution in [3.63, 3.8) is 0 Å². The van der Waals surface area contributed by atoms with Crippen molar-refractivity contribution in [1.82, 2.24) is 0 Å². The molecule has 2 aromatic rings. The maximum atomic E-state index is 10.5. The van der Waals surface area contributed by atoms with Gasteiger partial charge in [0.1, 0.15) is 11.5 Å². The molecule has 2 nitrogen and oxygen atoms in total. The molecule has 0 spiro atoms. The van der Waals surface area contributed by atoms with Crippen LogP contribution in [0.3, 0.4) is 0 Å². The molecule has 0 aliphatic carbocycles. The van der Waals surface area contributed by atoms with Crippen LogP contribution in [0.4, 0.5) is 0 Å². The highest BCUT2D eigenvalue weighted by atomic mass is 16.5. The van der Waals surface area contributed by atoms with Gasteiger partial charge in [-0.3, -0.25) is 0 Å². The van der Waals surface area contributed by atoms with E-state index < -0.39 is 0 Å². The van der Waals surface area contributed by atoms with E-state index in [1.54, 1.807) is 0 Å². The van der Waals surface area contributed by atoms with Gasteiger partial charge in [-0.1, -0.05) is 52.0 Å². The van der Waals surface area contributed by atoms with Gasteiger partial charge in [0, 0.05) is 16.3 Å². The minimum Gasteiger partial charge on any atom is -0.507 e. The van der Waals surface area contributed by atoms with Crippen LogP contribution >= 0.6 is 0 Å². The summed E-state index contributed by atoms with van der Waals surface area (Å²) in [6.45, 7) is 9.08. The predicted octanol–water partition coefficient (Wildman–Crippen LogP) is 4.63. The molecule has 0 aliphatic heterocycles. The first-order valence-corrected chi connectivity index (χ1v) is 6.83. The Hall–Kier alpha value is -1.70. The van der Waals surface area contributed by atoms with Crippen LogP contribution in [0.1, 0.15) is 39.7 Å². The number of fused-ring (bicyclic) bond motifs is 1. The molecule has 0 unspecified atom stereocenters. The van der Waals surface area contributed by atoms with Gasteiger partial charge in [-0.2, -0.15) is 0 Å². The second-order valence-electron chi connectivity index (χ2n) is 5.91. The smallest absolute Gasteiger partial charge is 0.127 e. The summed E-state index contributed by atoms with van der Waals surface area (Å²) in [6.07, 6.45) is 0.972. The van der Waals surface area contributed by atoms with E-state index in [-0.39, 0.29) is 5.41 Å². The van der Waals surface area contributed by atoms with Crippen LogP contribution in [0, 0.1) is 0 Å². The Kier molecular flexibility index (Phi) is 3.70. The third kappa shape index (κ3) is 2.67. The van der Waals surface area contributed by atoms with Gasteiger partial charge in [0.2, 0.25) is 0 Å². The number of benzene rings is 2. The van der Waals surface area contributed by atoms with E-state index in [1.165, 1.54) is 0 Å². The van der Waals surface area contributed by atoms with Gasteiger partial charge in [0.25, 0.3) is 0 Å². The summed E-state index contributed by atoms with van der Waals surface area (Å²) in [5, 5.41) is 12.3. The fourth-order valence-corrected chi connectivity index (χ4v) is 2.23. The van der Waals surface area contributed by atoms with E-state index >= 15 is 0 Å². The van der Waals surface area contributed by atoms with Crippen molar-refractivity contribution >= 4 is 10.8 Å². The van der Waals surface area contributed by atoms with Gasteiger partial charge in [-0.25, -0.2) is 0 Å². The summed E-state index contributed by atoms with van der Waals surface area (Å²) < 4.78 is 5.85. The quantitative estimate of drug-likeness (QED) is 0.869. The van der Waals surface area contributed by atoms with Crippen molar-refractivity contribution in [3.8, 4) is 11.5 Å². The molecule has 0 bridgehead atoms. The van der Waals surface area contributed by atoms with Crippen molar-refractivity contribution in [2.24, 2.45) is 0 Å². The van der Waals surface area contributed by atoms with Crippen LogP contribution < -0.4 is 4.74 Å². The van der Waals surface area contributed by atoms with E-state index in [4.69, 9.17) is 4.74 Å². The zero-order valence-electron chi connectivity index (χ0n) is 12.2. The molecule has 19 heavy (non-hydrogen) atoms. The summed E-state index contributed by atoms with van der Waals surface area (Å²) in [4.78, 5) is 0. The number of aromatic hydroxyl groups is 1. The highest BCUT2D eigenvalue weighted by Gasteiger charge is 2.22. The van der Waals surface area contributed by atoms with Crippen molar-refractivity contribution in [1.29, 1.82) is 0 Å². The predicted molar refractivity (Wildman–Crippen MR) is 80.1 cm³/mol. The Morgan fingerprint density at radius 1 is 1.11 bits per heavy atom. The molecular formula is C17H22O2. The number of rotatable bonds is 3. The second kappa shape index (κ2) is 5.12. The molecule has 0 heterocycles. The van der Waals surface area contributed by atoms with Gasteiger partial charge >= 0.3 is 0 Å². The average molecular weight is 258 g/mol. The van der Waals surface area contributed by atoms with Crippen molar-refractivity contribution in [3.05, 3.63) is 35.9 Å². The molecule has 0 saturated heterocycles. The monoisotopic (exact) mass is 258 g/mol. The van der Waals surface area contributed by atoms with Crippen LogP contribution in [-0.2, 0) is 5.41 Å². The summed E-state index contributed by atoms with van der Waals surface area (Å²) >= 11 is 0. The lowest BCUT2D eigenvalue weighted by Gasteiger charge is -2.23. The fraction of sp³-hybridized carbons (Fsp3) is 0.412. The first-order valence-electron chi connectivity index (χ1n) is 6.83. The SMILES string of the molecule is CCCOc1cc(C(C)(C)C)c(O)c2ccccc12. The van der Waals surface area contributed by atoms with Crippen LogP contribution in [0.15, 0.2) is 30.3 Å². The highest BCUT2D eigenvalue weighted by Crippen LogP contribution is 2.41. The summed E-state index contributed by atoms with van der Waals surface area (Å²) in [7, 11) is 0. The number of phenols is 1. The van der Waals surface area contributed by atoms with Crippen LogP contribution in [0.25, 0.3) is 10.8 Å².